The number of nitrogens with one attached hydrogen (secondary N) is 1. The number of rotatable bonds is 3. The minimum absolute atomic E-state index is 0.0178. The molecule has 2 heterocycles. The van der Waals surface area contributed by atoms with Crippen LogP contribution in [0.25, 0.3) is 10.9 Å². The molecule has 0 aliphatic carbocycles. The molecule has 4 aromatic rings. The lowest BCUT2D eigenvalue weighted by molar-refractivity contribution is 0.457. The predicted molar refractivity (Wildman–Crippen MR) is 110 cm³/mol. The summed E-state index contributed by atoms with van der Waals surface area (Å²) in [6.07, 6.45) is 1.56. The van der Waals surface area contributed by atoms with Crippen LogP contribution >= 0.6 is 0 Å². The van der Waals surface area contributed by atoms with Crippen LogP contribution in [-0.4, -0.2) is 16.3 Å². The Morgan fingerprint density at radius 3 is 2.39 bits per heavy atom. The van der Waals surface area contributed by atoms with Crippen LogP contribution in [0.2, 0.25) is 0 Å². The van der Waals surface area contributed by atoms with Crippen molar-refractivity contribution in [1.82, 2.24) is 4.98 Å². The van der Waals surface area contributed by atoms with Gasteiger partial charge in [0.25, 0.3) is 0 Å². The molecule has 0 amide bonds. The number of nitrogens with zero attached hydrogens (tertiary/aromatic N) is 2. The minimum Gasteiger partial charge on any atom is -0.494 e. The number of aromatic amines is 1. The summed E-state index contributed by atoms with van der Waals surface area (Å²) in [5.74, 6) is -0.368. The molecule has 5 rings (SSSR count). The van der Waals surface area contributed by atoms with Gasteiger partial charge in [0.15, 0.2) is 5.88 Å². The third-order valence-electron chi connectivity index (χ3n) is 5.18. The van der Waals surface area contributed by atoms with Crippen LogP contribution in [0.5, 0.6) is 5.88 Å². The van der Waals surface area contributed by atoms with Gasteiger partial charge in [-0.1, -0.05) is 24.3 Å². The van der Waals surface area contributed by atoms with E-state index in [1.807, 2.05) is 24.3 Å². The average molecular weight is 371 g/mol. The molecular formula is C23H18FN3O. The fraction of sp³-hybridized carbons (Fsp3) is 0.0870. The van der Waals surface area contributed by atoms with Gasteiger partial charge in [0, 0.05) is 35.9 Å². The number of aromatic hydroxyl groups is 1. The molecule has 0 bridgehead atoms. The molecule has 138 valence electrons. The number of aromatic nitrogens is 1. The molecule has 1 aliphatic heterocycles. The summed E-state index contributed by atoms with van der Waals surface area (Å²) >= 11 is 0. The molecule has 3 aromatic carbocycles. The van der Waals surface area contributed by atoms with Crippen LogP contribution in [0.4, 0.5) is 15.8 Å². The van der Waals surface area contributed by atoms with Crippen molar-refractivity contribution in [2.75, 3.05) is 4.90 Å². The molecule has 2 N–H and O–H groups in total. The molecule has 0 saturated heterocycles. The Morgan fingerprint density at radius 2 is 1.68 bits per heavy atom. The van der Waals surface area contributed by atoms with E-state index in [2.05, 4.69) is 39.1 Å². The number of benzene rings is 3. The Labute approximate surface area is 161 Å². The summed E-state index contributed by atoms with van der Waals surface area (Å²) in [5.41, 5.74) is 5.80. The van der Waals surface area contributed by atoms with Gasteiger partial charge >= 0.3 is 0 Å². The summed E-state index contributed by atoms with van der Waals surface area (Å²) in [6, 6.07) is 20.8. The van der Waals surface area contributed by atoms with Gasteiger partial charge in [0.05, 0.1) is 11.3 Å². The topological polar surface area (TPSA) is 51.6 Å². The van der Waals surface area contributed by atoms with Gasteiger partial charge < -0.3 is 15.0 Å². The Bertz CT molecular complexity index is 1170. The number of hydrogen-bond acceptors (Lipinski definition) is 3. The summed E-state index contributed by atoms with van der Waals surface area (Å²) < 4.78 is 13.5. The number of aliphatic imine (C=N–C) groups is 1. The maximum absolute atomic E-state index is 13.5. The van der Waals surface area contributed by atoms with Crippen molar-refractivity contribution in [1.29, 1.82) is 0 Å². The lowest BCUT2D eigenvalue weighted by Crippen LogP contribution is -2.13. The highest BCUT2D eigenvalue weighted by molar-refractivity contribution is 6.02. The zero-order chi connectivity index (χ0) is 19.1. The Balaban J connectivity index is 1.37. The van der Waals surface area contributed by atoms with E-state index in [0.717, 1.165) is 24.5 Å². The van der Waals surface area contributed by atoms with Gasteiger partial charge in [-0.15, -0.1) is 0 Å². The highest BCUT2D eigenvalue weighted by Crippen LogP contribution is 2.30. The van der Waals surface area contributed by atoms with E-state index in [9.17, 15) is 9.50 Å². The molecule has 0 radical (unpaired) electrons. The summed E-state index contributed by atoms with van der Waals surface area (Å²) in [5, 5.41) is 10.7. The molecule has 0 unspecified atom stereocenters. The van der Waals surface area contributed by atoms with E-state index in [0.29, 0.717) is 16.5 Å². The second-order valence-electron chi connectivity index (χ2n) is 6.98. The molecule has 0 atom stereocenters. The first-order valence-corrected chi connectivity index (χ1v) is 9.13. The number of H-pyrrole nitrogens is 1. The Kier molecular flexibility index (Phi) is 3.86. The highest BCUT2D eigenvalue weighted by Gasteiger charge is 2.18. The number of anilines is 1. The van der Waals surface area contributed by atoms with E-state index in [1.165, 1.54) is 23.3 Å². The van der Waals surface area contributed by atoms with E-state index in [1.54, 1.807) is 12.3 Å². The first-order chi connectivity index (χ1) is 13.7. The molecule has 28 heavy (non-hydrogen) atoms. The van der Waals surface area contributed by atoms with Gasteiger partial charge in [0.1, 0.15) is 5.82 Å². The quantitative estimate of drug-likeness (QED) is 0.481. The average Bonchev–Trinajstić information content (AvgIpc) is 3.27. The van der Waals surface area contributed by atoms with Gasteiger partial charge in [-0.3, -0.25) is 4.99 Å². The normalized spacial score (nSPS) is 13.5. The van der Waals surface area contributed by atoms with Gasteiger partial charge in [-0.2, -0.15) is 0 Å². The molecule has 0 saturated carbocycles. The molecule has 1 aromatic heterocycles. The Morgan fingerprint density at radius 1 is 0.964 bits per heavy atom. The molecule has 4 nitrogen and oxygen atoms in total. The van der Waals surface area contributed by atoms with E-state index in [-0.39, 0.29) is 11.7 Å². The summed E-state index contributed by atoms with van der Waals surface area (Å²) in [7, 11) is 0. The third kappa shape index (κ3) is 2.91. The zero-order valence-electron chi connectivity index (χ0n) is 15.1. The number of fused-ring (bicyclic) bond motifs is 2. The Hall–Kier alpha value is -3.60. The van der Waals surface area contributed by atoms with Crippen LogP contribution in [0.3, 0.4) is 0 Å². The maximum atomic E-state index is 13.5. The fourth-order valence-corrected chi connectivity index (χ4v) is 3.71. The van der Waals surface area contributed by atoms with Crippen molar-refractivity contribution in [3.8, 4) is 5.88 Å². The smallest absolute Gasteiger partial charge is 0.198 e. The molecule has 1 aliphatic rings. The second kappa shape index (κ2) is 6.53. The van der Waals surface area contributed by atoms with Gasteiger partial charge in [-0.25, -0.2) is 4.39 Å². The van der Waals surface area contributed by atoms with Crippen LogP contribution < -0.4 is 4.90 Å². The number of hydrogen-bond donors (Lipinski definition) is 2. The maximum Gasteiger partial charge on any atom is 0.198 e. The third-order valence-corrected chi connectivity index (χ3v) is 5.18. The van der Waals surface area contributed by atoms with Gasteiger partial charge in [-0.05, 0) is 53.6 Å². The van der Waals surface area contributed by atoms with Crippen molar-refractivity contribution < 1.29 is 9.50 Å². The molecular weight excluding hydrogens is 353 g/mol. The van der Waals surface area contributed by atoms with Crippen molar-refractivity contribution in [3.63, 3.8) is 0 Å². The van der Waals surface area contributed by atoms with Gasteiger partial charge in [0.2, 0.25) is 0 Å². The zero-order valence-corrected chi connectivity index (χ0v) is 15.1. The predicted octanol–water partition coefficient (Wildman–Crippen LogP) is 5.28. The van der Waals surface area contributed by atoms with E-state index in [4.69, 9.17) is 0 Å². The van der Waals surface area contributed by atoms with Crippen molar-refractivity contribution in [2.45, 2.75) is 13.1 Å². The minimum atomic E-state index is -0.350. The van der Waals surface area contributed by atoms with E-state index < -0.39 is 0 Å². The lowest BCUT2D eigenvalue weighted by Gasteiger charge is -2.17. The largest absolute Gasteiger partial charge is 0.494 e. The number of halogens is 1. The van der Waals surface area contributed by atoms with Crippen LogP contribution in [0, 0.1) is 5.82 Å². The highest BCUT2D eigenvalue weighted by atomic mass is 19.1. The van der Waals surface area contributed by atoms with Crippen molar-refractivity contribution in [2.24, 2.45) is 4.99 Å². The van der Waals surface area contributed by atoms with Crippen molar-refractivity contribution in [3.05, 3.63) is 89.2 Å². The lowest BCUT2D eigenvalue weighted by atomic mass is 10.1. The van der Waals surface area contributed by atoms with Crippen LogP contribution in [-0.2, 0) is 13.1 Å². The molecule has 5 heteroatoms. The monoisotopic (exact) mass is 371 g/mol. The van der Waals surface area contributed by atoms with Crippen LogP contribution in [0.1, 0.15) is 16.7 Å². The standard InChI is InChI=1S/C23H18FN3O/c24-17-5-10-22-20(11-17)21(23(28)26-22)12-25-18-6-8-19(9-7-18)27-13-15-3-1-2-4-16(15)14-27/h1-12,26,28H,13-14H2. The summed E-state index contributed by atoms with van der Waals surface area (Å²) in [6.45, 7) is 1.82. The first-order valence-electron chi connectivity index (χ1n) is 9.13. The molecule has 0 fully saturated rings. The second-order valence-corrected chi connectivity index (χ2v) is 6.98. The van der Waals surface area contributed by atoms with Crippen LogP contribution in [0.15, 0.2) is 71.7 Å². The summed E-state index contributed by atoms with van der Waals surface area (Å²) in [4.78, 5) is 9.61. The molecule has 0 spiro atoms. The SMILES string of the molecule is Oc1[nH]c2ccc(F)cc2c1C=Nc1ccc(N2Cc3ccccc3C2)cc1. The first kappa shape index (κ1) is 16.6. The van der Waals surface area contributed by atoms with Crippen molar-refractivity contribution >= 4 is 28.5 Å². The fourth-order valence-electron chi connectivity index (χ4n) is 3.71. The van der Waals surface area contributed by atoms with E-state index >= 15 is 0 Å².